The molecule has 0 radical (unpaired) electrons. The Morgan fingerprint density at radius 2 is 1.97 bits per heavy atom. The smallest absolute Gasteiger partial charge is 0.310 e. The van der Waals surface area contributed by atoms with Crippen molar-refractivity contribution in [2.75, 3.05) is 13.7 Å². The predicted molar refractivity (Wildman–Crippen MR) is 121 cm³/mol. The van der Waals surface area contributed by atoms with Crippen LogP contribution in [0.4, 0.5) is 0 Å². The minimum absolute atomic E-state index is 0.127. The summed E-state index contributed by atoms with van der Waals surface area (Å²) in [7, 11) is 1.61. The van der Waals surface area contributed by atoms with E-state index in [1.54, 1.807) is 13.3 Å². The molecule has 2 aromatic carbocycles. The quantitative estimate of drug-likeness (QED) is 0.361. The van der Waals surface area contributed by atoms with Gasteiger partial charge in [0.15, 0.2) is 11.5 Å². The topological polar surface area (TPSA) is 70.5 Å². The van der Waals surface area contributed by atoms with E-state index in [1.165, 1.54) is 11.3 Å². The van der Waals surface area contributed by atoms with E-state index in [4.69, 9.17) is 14.2 Å². The van der Waals surface area contributed by atoms with Crippen LogP contribution in [-0.2, 0) is 22.6 Å². The number of aromatic nitrogens is 2. The van der Waals surface area contributed by atoms with Crippen LogP contribution in [0.2, 0.25) is 0 Å². The highest BCUT2D eigenvalue weighted by molar-refractivity contribution is 7.13. The van der Waals surface area contributed by atoms with Gasteiger partial charge in [-0.1, -0.05) is 24.3 Å². The lowest BCUT2D eigenvalue weighted by Crippen LogP contribution is -2.08. The standard InChI is InChI=1S/C24H22N2O4S/c1-3-29-20-10-9-18(12-21(20)28-2)24-26-19(15-31-24)14-30-22(27)13-17-7-4-6-16-8-5-11-25-23(16)17/h4-12,15H,3,13-14H2,1-2H3. The Hall–Kier alpha value is -3.45. The van der Waals surface area contributed by atoms with E-state index in [0.717, 1.165) is 27.0 Å². The van der Waals surface area contributed by atoms with Gasteiger partial charge in [-0.05, 0) is 36.8 Å². The fraction of sp³-hybridized carbons (Fsp3) is 0.208. The van der Waals surface area contributed by atoms with E-state index in [-0.39, 0.29) is 19.0 Å². The van der Waals surface area contributed by atoms with Crippen LogP contribution in [0.3, 0.4) is 0 Å². The molecule has 6 nitrogen and oxygen atoms in total. The third kappa shape index (κ3) is 4.83. The first-order chi connectivity index (χ1) is 15.2. The van der Waals surface area contributed by atoms with Crippen LogP contribution >= 0.6 is 11.3 Å². The lowest BCUT2D eigenvalue weighted by molar-refractivity contribution is -0.144. The minimum Gasteiger partial charge on any atom is -0.493 e. The van der Waals surface area contributed by atoms with Gasteiger partial charge in [0, 0.05) is 22.5 Å². The summed E-state index contributed by atoms with van der Waals surface area (Å²) in [6.45, 7) is 2.62. The molecule has 0 aliphatic carbocycles. The van der Waals surface area contributed by atoms with Gasteiger partial charge < -0.3 is 14.2 Å². The molecule has 2 heterocycles. The van der Waals surface area contributed by atoms with Crippen molar-refractivity contribution in [3.8, 4) is 22.1 Å². The molecule has 31 heavy (non-hydrogen) atoms. The average Bonchev–Trinajstić information content (AvgIpc) is 3.27. The number of hydrogen-bond donors (Lipinski definition) is 0. The van der Waals surface area contributed by atoms with Crippen LogP contribution in [0, 0.1) is 0 Å². The first-order valence-electron chi connectivity index (χ1n) is 9.91. The van der Waals surface area contributed by atoms with Crippen LogP contribution in [0.25, 0.3) is 21.5 Å². The van der Waals surface area contributed by atoms with Crippen molar-refractivity contribution in [2.45, 2.75) is 20.0 Å². The largest absolute Gasteiger partial charge is 0.493 e. The van der Waals surface area contributed by atoms with Crippen LogP contribution in [0.15, 0.2) is 60.1 Å². The second-order valence-corrected chi connectivity index (χ2v) is 7.63. The molecule has 158 valence electrons. The molecule has 7 heteroatoms. The summed E-state index contributed by atoms with van der Waals surface area (Å²) in [6, 6.07) is 15.4. The van der Waals surface area contributed by atoms with Crippen molar-refractivity contribution < 1.29 is 19.0 Å². The predicted octanol–water partition coefficient (Wildman–Crippen LogP) is 5.05. The van der Waals surface area contributed by atoms with Gasteiger partial charge in [0.05, 0.1) is 31.3 Å². The number of nitrogens with zero attached hydrogens (tertiary/aromatic N) is 2. The second-order valence-electron chi connectivity index (χ2n) is 6.77. The molecule has 0 aliphatic rings. The zero-order valence-electron chi connectivity index (χ0n) is 17.3. The van der Waals surface area contributed by atoms with Crippen LogP contribution in [-0.4, -0.2) is 29.7 Å². The molecule has 0 spiro atoms. The fourth-order valence-corrected chi connectivity index (χ4v) is 4.05. The monoisotopic (exact) mass is 434 g/mol. The maximum Gasteiger partial charge on any atom is 0.310 e. The summed E-state index contributed by atoms with van der Waals surface area (Å²) in [4.78, 5) is 21.4. The number of fused-ring (bicyclic) bond motifs is 1. The Morgan fingerprint density at radius 3 is 2.81 bits per heavy atom. The van der Waals surface area contributed by atoms with Gasteiger partial charge in [0.1, 0.15) is 11.6 Å². The second kappa shape index (κ2) is 9.57. The summed E-state index contributed by atoms with van der Waals surface area (Å²) in [5.41, 5.74) is 3.30. The van der Waals surface area contributed by atoms with E-state index >= 15 is 0 Å². The highest BCUT2D eigenvalue weighted by Crippen LogP contribution is 2.34. The van der Waals surface area contributed by atoms with Gasteiger partial charge in [-0.15, -0.1) is 11.3 Å². The van der Waals surface area contributed by atoms with Gasteiger partial charge in [-0.25, -0.2) is 4.98 Å². The number of rotatable bonds is 8. The number of ether oxygens (including phenoxy) is 3. The molecule has 0 atom stereocenters. The van der Waals surface area contributed by atoms with Gasteiger partial charge >= 0.3 is 5.97 Å². The number of para-hydroxylation sites is 1. The Bertz CT molecular complexity index is 1200. The molecular formula is C24H22N2O4S. The third-order valence-electron chi connectivity index (χ3n) is 4.69. The zero-order valence-corrected chi connectivity index (χ0v) is 18.1. The van der Waals surface area contributed by atoms with E-state index in [9.17, 15) is 4.79 Å². The van der Waals surface area contributed by atoms with E-state index in [2.05, 4.69) is 9.97 Å². The average molecular weight is 435 g/mol. The summed E-state index contributed by atoms with van der Waals surface area (Å²) < 4.78 is 16.4. The first-order valence-corrected chi connectivity index (χ1v) is 10.8. The van der Waals surface area contributed by atoms with Gasteiger partial charge in [0.25, 0.3) is 0 Å². The number of hydrogen-bond acceptors (Lipinski definition) is 7. The van der Waals surface area contributed by atoms with Crippen LogP contribution < -0.4 is 9.47 Å². The third-order valence-corrected chi connectivity index (χ3v) is 5.63. The lowest BCUT2D eigenvalue weighted by Gasteiger charge is -2.10. The maximum absolute atomic E-state index is 12.4. The summed E-state index contributed by atoms with van der Waals surface area (Å²) in [6.07, 6.45) is 1.89. The molecule has 2 aromatic heterocycles. The van der Waals surface area contributed by atoms with Crippen LogP contribution in [0.1, 0.15) is 18.2 Å². The van der Waals surface area contributed by atoms with E-state index < -0.39 is 0 Å². The van der Waals surface area contributed by atoms with Crippen LogP contribution in [0.5, 0.6) is 11.5 Å². The molecule has 0 bridgehead atoms. The Balaban J connectivity index is 1.41. The summed E-state index contributed by atoms with van der Waals surface area (Å²) >= 11 is 1.49. The first kappa shape index (κ1) is 20.8. The number of benzene rings is 2. The Morgan fingerprint density at radius 1 is 1.10 bits per heavy atom. The number of methoxy groups -OCH3 is 1. The molecule has 0 unspecified atom stereocenters. The molecule has 0 amide bonds. The Labute approximate surface area is 184 Å². The van der Waals surface area contributed by atoms with Crippen molar-refractivity contribution in [1.82, 2.24) is 9.97 Å². The molecule has 0 aliphatic heterocycles. The number of carbonyl (C=O) groups excluding carboxylic acids is 1. The van der Waals surface area contributed by atoms with Gasteiger partial charge in [-0.2, -0.15) is 0 Å². The normalized spacial score (nSPS) is 10.8. The van der Waals surface area contributed by atoms with Crippen molar-refractivity contribution in [2.24, 2.45) is 0 Å². The summed E-state index contributed by atoms with van der Waals surface area (Å²) in [5, 5.41) is 3.72. The van der Waals surface area contributed by atoms with E-state index in [1.807, 2.05) is 60.8 Å². The van der Waals surface area contributed by atoms with Gasteiger partial charge in [-0.3, -0.25) is 9.78 Å². The molecule has 4 rings (SSSR count). The minimum atomic E-state index is -0.310. The number of thiazole rings is 1. The number of pyridine rings is 1. The molecule has 0 N–H and O–H groups in total. The lowest BCUT2D eigenvalue weighted by atomic mass is 10.1. The molecule has 0 fully saturated rings. The van der Waals surface area contributed by atoms with Crippen molar-refractivity contribution >= 4 is 28.2 Å². The molecular weight excluding hydrogens is 412 g/mol. The summed E-state index contributed by atoms with van der Waals surface area (Å²) in [5.74, 6) is 1.05. The van der Waals surface area contributed by atoms with E-state index in [0.29, 0.717) is 23.8 Å². The Kier molecular flexibility index (Phi) is 6.43. The fourth-order valence-electron chi connectivity index (χ4n) is 3.25. The molecule has 0 saturated heterocycles. The highest BCUT2D eigenvalue weighted by atomic mass is 32.1. The van der Waals surface area contributed by atoms with Crippen molar-refractivity contribution in [1.29, 1.82) is 0 Å². The van der Waals surface area contributed by atoms with Crippen molar-refractivity contribution in [3.63, 3.8) is 0 Å². The number of esters is 1. The zero-order chi connectivity index (χ0) is 21.6. The molecule has 4 aromatic rings. The number of carbonyl (C=O) groups is 1. The molecule has 0 saturated carbocycles. The van der Waals surface area contributed by atoms with Gasteiger partial charge in [0.2, 0.25) is 0 Å². The highest BCUT2D eigenvalue weighted by Gasteiger charge is 2.13. The maximum atomic E-state index is 12.4. The van der Waals surface area contributed by atoms with Crippen molar-refractivity contribution in [3.05, 3.63) is 71.4 Å². The SMILES string of the molecule is CCOc1ccc(-c2nc(COC(=O)Cc3cccc4cccnc34)cs2)cc1OC.